The number of anilines is 1. The predicted molar refractivity (Wildman–Crippen MR) is 99.6 cm³/mol. The topological polar surface area (TPSA) is 66.9 Å². The first kappa shape index (κ1) is 17.0. The summed E-state index contributed by atoms with van der Waals surface area (Å²) in [5.41, 5.74) is 2.61. The Morgan fingerprint density at radius 1 is 1.42 bits per heavy atom. The summed E-state index contributed by atoms with van der Waals surface area (Å²) in [5.74, 6) is 0.395. The van der Waals surface area contributed by atoms with Crippen LogP contribution in [0.25, 0.3) is 0 Å². The normalized spacial score (nSPS) is 16.2. The van der Waals surface area contributed by atoms with Crippen LogP contribution in [0.15, 0.2) is 41.3 Å². The summed E-state index contributed by atoms with van der Waals surface area (Å²) in [4.78, 5) is 12.3. The summed E-state index contributed by atoms with van der Waals surface area (Å²) < 4.78 is 0.792. The summed E-state index contributed by atoms with van der Waals surface area (Å²) in [6.07, 6.45) is 4.98. The Labute approximate surface area is 150 Å². The molecule has 0 fully saturated rings. The molecule has 3 rings (SSSR count). The zero-order valence-corrected chi connectivity index (χ0v) is 15.0. The maximum absolute atomic E-state index is 12.3. The number of benzene rings is 1. The third-order valence-corrected chi connectivity index (χ3v) is 5.85. The lowest BCUT2D eigenvalue weighted by molar-refractivity contribution is -0.119. The van der Waals surface area contributed by atoms with Crippen LogP contribution < -0.4 is 10.6 Å². The van der Waals surface area contributed by atoms with E-state index in [1.807, 2.05) is 6.07 Å². The predicted octanol–water partition coefficient (Wildman–Crippen LogP) is 3.42. The number of hydrogen-bond donors (Lipinski definition) is 2. The third kappa shape index (κ3) is 4.36. The van der Waals surface area contributed by atoms with E-state index in [-0.39, 0.29) is 11.9 Å². The number of aryl methyl sites for hydroxylation is 1. The summed E-state index contributed by atoms with van der Waals surface area (Å²) in [6, 6.07) is 8.50. The lowest BCUT2D eigenvalue weighted by Crippen LogP contribution is -2.32. The average molecular weight is 361 g/mol. The molecule has 1 amide bonds. The number of rotatable bonds is 7. The first-order valence-corrected chi connectivity index (χ1v) is 9.74. The molecule has 0 saturated heterocycles. The largest absolute Gasteiger partial charge is 0.357 e. The molecule has 1 heterocycles. The van der Waals surface area contributed by atoms with E-state index in [2.05, 4.69) is 45.6 Å². The standard InChI is InChI=1S/C17H20N4OS2/c1-2-10-18-16-20-21-17(24-16)23-11-15(22)19-14-9-5-7-12-6-3-4-8-13(12)14/h2-4,6,8,14H,1,5,7,9-11H2,(H,18,20)(H,19,22)/t14-/m0/s1. The van der Waals surface area contributed by atoms with Gasteiger partial charge in [0.15, 0.2) is 4.34 Å². The van der Waals surface area contributed by atoms with E-state index in [0.717, 1.165) is 28.7 Å². The Morgan fingerprint density at radius 3 is 3.17 bits per heavy atom. The van der Waals surface area contributed by atoms with Crippen LogP contribution >= 0.6 is 23.1 Å². The van der Waals surface area contributed by atoms with Gasteiger partial charge in [0.2, 0.25) is 11.0 Å². The van der Waals surface area contributed by atoms with Gasteiger partial charge in [-0.1, -0.05) is 53.4 Å². The SMILES string of the molecule is C=CCNc1nnc(SCC(=O)N[C@H]2CCCc3ccccc32)s1. The van der Waals surface area contributed by atoms with E-state index in [9.17, 15) is 4.79 Å². The highest BCUT2D eigenvalue weighted by Gasteiger charge is 2.21. The van der Waals surface area contributed by atoms with Crippen LogP contribution in [0.1, 0.15) is 30.0 Å². The molecule has 0 aliphatic heterocycles. The van der Waals surface area contributed by atoms with E-state index in [1.54, 1.807) is 6.08 Å². The van der Waals surface area contributed by atoms with Crippen molar-refractivity contribution in [2.24, 2.45) is 0 Å². The molecule has 0 unspecified atom stereocenters. The molecule has 0 bridgehead atoms. The molecule has 0 spiro atoms. The zero-order valence-electron chi connectivity index (χ0n) is 13.3. The van der Waals surface area contributed by atoms with Crippen molar-refractivity contribution in [1.29, 1.82) is 0 Å². The highest BCUT2D eigenvalue weighted by atomic mass is 32.2. The van der Waals surface area contributed by atoms with Gasteiger partial charge >= 0.3 is 0 Å². The number of nitrogens with one attached hydrogen (secondary N) is 2. The van der Waals surface area contributed by atoms with Gasteiger partial charge in [-0.3, -0.25) is 4.79 Å². The van der Waals surface area contributed by atoms with Crippen LogP contribution in [-0.2, 0) is 11.2 Å². The minimum atomic E-state index is 0.0394. The maximum Gasteiger partial charge on any atom is 0.230 e. The van der Waals surface area contributed by atoms with Crippen molar-refractivity contribution in [1.82, 2.24) is 15.5 Å². The fourth-order valence-electron chi connectivity index (χ4n) is 2.77. The van der Waals surface area contributed by atoms with Gasteiger partial charge in [-0.15, -0.1) is 16.8 Å². The molecule has 1 aliphatic rings. The minimum absolute atomic E-state index is 0.0394. The molecule has 1 atom stereocenters. The second kappa shape index (κ2) is 8.30. The van der Waals surface area contributed by atoms with Crippen molar-refractivity contribution in [3.63, 3.8) is 0 Å². The Hall–Kier alpha value is -1.86. The smallest absolute Gasteiger partial charge is 0.230 e. The van der Waals surface area contributed by atoms with E-state index < -0.39 is 0 Å². The summed E-state index contributed by atoms with van der Waals surface area (Å²) in [6.45, 7) is 4.30. The lowest BCUT2D eigenvalue weighted by Gasteiger charge is -2.26. The van der Waals surface area contributed by atoms with Gasteiger partial charge in [0.1, 0.15) is 0 Å². The molecule has 2 N–H and O–H groups in total. The van der Waals surface area contributed by atoms with E-state index >= 15 is 0 Å². The van der Waals surface area contributed by atoms with Crippen LogP contribution in [0.2, 0.25) is 0 Å². The van der Waals surface area contributed by atoms with Crippen molar-refractivity contribution < 1.29 is 4.79 Å². The summed E-state index contributed by atoms with van der Waals surface area (Å²) in [7, 11) is 0. The minimum Gasteiger partial charge on any atom is -0.357 e. The molecule has 5 nitrogen and oxygen atoms in total. The van der Waals surface area contributed by atoms with Crippen LogP contribution in [0.4, 0.5) is 5.13 Å². The number of thioether (sulfide) groups is 1. The third-order valence-electron chi connectivity index (χ3n) is 3.84. The van der Waals surface area contributed by atoms with Crippen LogP contribution in [-0.4, -0.2) is 28.4 Å². The Morgan fingerprint density at radius 2 is 2.29 bits per heavy atom. The van der Waals surface area contributed by atoms with Crippen molar-refractivity contribution in [3.8, 4) is 0 Å². The van der Waals surface area contributed by atoms with Crippen molar-refractivity contribution >= 4 is 34.1 Å². The number of nitrogens with zero attached hydrogens (tertiary/aromatic N) is 2. The second-order valence-electron chi connectivity index (χ2n) is 5.54. The average Bonchev–Trinajstić information content (AvgIpc) is 3.06. The van der Waals surface area contributed by atoms with Gasteiger partial charge in [-0.25, -0.2) is 0 Å². The van der Waals surface area contributed by atoms with Gasteiger partial charge in [0, 0.05) is 6.54 Å². The maximum atomic E-state index is 12.3. The fourth-order valence-corrected chi connectivity index (χ4v) is 4.34. The molecule has 126 valence electrons. The quantitative estimate of drug-likeness (QED) is 0.585. The van der Waals surface area contributed by atoms with Crippen molar-refractivity contribution in [2.75, 3.05) is 17.6 Å². The molecular weight excluding hydrogens is 340 g/mol. The Bertz CT molecular complexity index is 716. The van der Waals surface area contributed by atoms with Crippen LogP contribution in [0, 0.1) is 0 Å². The molecule has 1 aliphatic carbocycles. The molecule has 24 heavy (non-hydrogen) atoms. The Balaban J connectivity index is 1.51. The molecular formula is C17H20N4OS2. The zero-order chi connectivity index (χ0) is 16.8. The highest BCUT2D eigenvalue weighted by molar-refractivity contribution is 8.01. The summed E-state index contributed by atoms with van der Waals surface area (Å²) >= 11 is 2.87. The van der Waals surface area contributed by atoms with Gasteiger partial charge in [0.25, 0.3) is 0 Å². The van der Waals surface area contributed by atoms with E-state index in [1.165, 1.54) is 34.2 Å². The fraction of sp³-hybridized carbons (Fsp3) is 0.353. The van der Waals surface area contributed by atoms with Crippen LogP contribution in [0.3, 0.4) is 0 Å². The number of carbonyl (C=O) groups is 1. The lowest BCUT2D eigenvalue weighted by atomic mass is 9.88. The van der Waals surface area contributed by atoms with Gasteiger partial charge in [-0.05, 0) is 30.4 Å². The van der Waals surface area contributed by atoms with Gasteiger partial charge < -0.3 is 10.6 Å². The van der Waals surface area contributed by atoms with Gasteiger partial charge in [0.05, 0.1) is 11.8 Å². The Kier molecular flexibility index (Phi) is 5.87. The number of aromatic nitrogens is 2. The molecule has 1 aromatic carbocycles. The van der Waals surface area contributed by atoms with Crippen LogP contribution in [0.5, 0.6) is 0 Å². The van der Waals surface area contributed by atoms with Crippen molar-refractivity contribution in [3.05, 3.63) is 48.0 Å². The molecule has 0 saturated carbocycles. The highest BCUT2D eigenvalue weighted by Crippen LogP contribution is 2.30. The second-order valence-corrected chi connectivity index (χ2v) is 7.74. The first-order chi connectivity index (χ1) is 11.8. The number of carbonyl (C=O) groups excluding carboxylic acids is 1. The van der Waals surface area contributed by atoms with Gasteiger partial charge in [-0.2, -0.15) is 0 Å². The monoisotopic (exact) mass is 360 g/mol. The number of hydrogen-bond acceptors (Lipinski definition) is 6. The molecule has 0 radical (unpaired) electrons. The molecule has 1 aromatic heterocycles. The van der Waals surface area contributed by atoms with E-state index in [0.29, 0.717) is 12.3 Å². The summed E-state index contributed by atoms with van der Waals surface area (Å²) in [5, 5.41) is 15.1. The van der Waals surface area contributed by atoms with E-state index in [4.69, 9.17) is 0 Å². The van der Waals surface area contributed by atoms with Crippen molar-refractivity contribution in [2.45, 2.75) is 29.6 Å². The number of fused-ring (bicyclic) bond motifs is 1. The number of amides is 1. The first-order valence-electron chi connectivity index (χ1n) is 7.94. The molecule has 2 aromatic rings. The molecule has 7 heteroatoms.